The minimum absolute atomic E-state index is 0.106. The van der Waals surface area contributed by atoms with Crippen LogP contribution in [0.15, 0.2) is 41.0 Å². The van der Waals surface area contributed by atoms with E-state index < -0.39 is 0 Å². The van der Waals surface area contributed by atoms with Crippen LogP contribution < -0.4 is 16.4 Å². The van der Waals surface area contributed by atoms with Gasteiger partial charge in [0.25, 0.3) is 11.8 Å². The minimum atomic E-state index is -0.248. The summed E-state index contributed by atoms with van der Waals surface area (Å²) in [5.74, 6) is 0.165. The zero-order valence-electron chi connectivity index (χ0n) is 14.5. The molecule has 1 aromatic carbocycles. The van der Waals surface area contributed by atoms with E-state index in [9.17, 15) is 9.59 Å². The van der Waals surface area contributed by atoms with Crippen molar-refractivity contribution in [3.8, 4) is 0 Å². The number of benzene rings is 1. The van der Waals surface area contributed by atoms with Crippen molar-refractivity contribution >= 4 is 11.8 Å². The quantitative estimate of drug-likeness (QED) is 0.697. The first-order valence-electron chi connectivity index (χ1n) is 8.70. The van der Waals surface area contributed by atoms with Gasteiger partial charge < -0.3 is 25.5 Å². The first-order chi connectivity index (χ1) is 12.7. The molecule has 0 spiro atoms. The molecule has 0 bridgehead atoms. The largest absolute Gasteiger partial charge is 0.467 e. The van der Waals surface area contributed by atoms with E-state index >= 15 is 0 Å². The number of hydrogen-bond acceptors (Lipinski definition) is 5. The number of rotatable bonds is 7. The Morgan fingerprint density at radius 2 is 2.00 bits per heavy atom. The molecule has 4 N–H and O–H groups in total. The average molecular weight is 357 g/mol. The van der Waals surface area contributed by atoms with Crippen molar-refractivity contribution in [1.82, 2.24) is 10.6 Å². The molecular formula is C19H23N3O4. The molecule has 2 aromatic rings. The van der Waals surface area contributed by atoms with Gasteiger partial charge in [0.15, 0.2) is 0 Å². The van der Waals surface area contributed by atoms with E-state index in [-0.39, 0.29) is 24.5 Å². The molecule has 2 amide bonds. The normalized spacial score (nSPS) is 16.4. The molecule has 1 aromatic heterocycles. The summed E-state index contributed by atoms with van der Waals surface area (Å²) in [5.41, 5.74) is 7.29. The number of nitrogens with two attached hydrogens (primary N) is 1. The number of carbonyl (C=O) groups excluding carboxylic acids is 2. The molecule has 1 saturated heterocycles. The van der Waals surface area contributed by atoms with E-state index in [4.69, 9.17) is 14.9 Å². The van der Waals surface area contributed by atoms with Crippen molar-refractivity contribution in [2.24, 2.45) is 5.73 Å². The van der Waals surface area contributed by atoms with Crippen molar-refractivity contribution in [2.75, 3.05) is 13.2 Å². The highest BCUT2D eigenvalue weighted by Crippen LogP contribution is 2.12. The number of ether oxygens (including phenoxy) is 1. The maximum Gasteiger partial charge on any atom is 0.254 e. The fourth-order valence-corrected chi connectivity index (χ4v) is 2.83. The van der Waals surface area contributed by atoms with Crippen LogP contribution in [-0.4, -0.2) is 31.1 Å². The summed E-state index contributed by atoms with van der Waals surface area (Å²) in [4.78, 5) is 24.4. The van der Waals surface area contributed by atoms with Crippen molar-refractivity contribution in [3.05, 3.63) is 59.0 Å². The van der Waals surface area contributed by atoms with Gasteiger partial charge in [-0.05, 0) is 36.6 Å². The van der Waals surface area contributed by atoms with Crippen LogP contribution >= 0.6 is 0 Å². The molecule has 1 aliphatic heterocycles. The van der Waals surface area contributed by atoms with Gasteiger partial charge in [-0.2, -0.15) is 0 Å². The van der Waals surface area contributed by atoms with Crippen molar-refractivity contribution in [2.45, 2.75) is 32.0 Å². The second-order valence-corrected chi connectivity index (χ2v) is 6.23. The van der Waals surface area contributed by atoms with Gasteiger partial charge in [-0.1, -0.05) is 12.1 Å². The van der Waals surface area contributed by atoms with E-state index in [2.05, 4.69) is 10.6 Å². The lowest BCUT2D eigenvalue weighted by Gasteiger charge is -2.11. The standard InChI is InChI=1S/C19H23N3O4/c20-9-17-8-15(12-26-17)19(24)21-10-13-3-1-4-14(7-13)18(23)22-11-16-5-2-6-25-16/h1,3-4,7-8,12,16H,2,5-6,9-11,20H2,(H,21,24)(H,22,23). The van der Waals surface area contributed by atoms with Gasteiger partial charge in [0.2, 0.25) is 0 Å². The minimum Gasteiger partial charge on any atom is -0.467 e. The first kappa shape index (κ1) is 18.2. The van der Waals surface area contributed by atoms with Gasteiger partial charge in [0.05, 0.1) is 18.2 Å². The molecule has 0 radical (unpaired) electrons. The highest BCUT2D eigenvalue weighted by atomic mass is 16.5. The van der Waals surface area contributed by atoms with Crippen LogP contribution in [0.5, 0.6) is 0 Å². The van der Waals surface area contributed by atoms with Gasteiger partial charge >= 0.3 is 0 Å². The van der Waals surface area contributed by atoms with Crippen LogP contribution in [-0.2, 0) is 17.8 Å². The number of amides is 2. The van der Waals surface area contributed by atoms with E-state index in [1.54, 1.807) is 24.3 Å². The SMILES string of the molecule is NCc1cc(C(=O)NCc2cccc(C(=O)NCC3CCCO3)c2)co1. The lowest BCUT2D eigenvalue weighted by molar-refractivity contribution is 0.0857. The predicted molar refractivity (Wildman–Crippen MR) is 95.5 cm³/mol. The molecule has 1 aliphatic rings. The molecule has 7 nitrogen and oxygen atoms in total. The van der Waals surface area contributed by atoms with Crippen LogP contribution in [0, 0.1) is 0 Å². The number of furan rings is 1. The fourth-order valence-electron chi connectivity index (χ4n) is 2.83. The molecule has 26 heavy (non-hydrogen) atoms. The third kappa shape index (κ3) is 4.71. The Hall–Kier alpha value is -2.64. The second kappa shape index (κ2) is 8.64. The van der Waals surface area contributed by atoms with E-state index in [1.165, 1.54) is 6.26 Å². The van der Waals surface area contributed by atoms with Crippen molar-refractivity contribution < 1.29 is 18.7 Å². The molecule has 138 valence electrons. The molecule has 1 unspecified atom stereocenters. The summed E-state index contributed by atoms with van der Waals surface area (Å²) in [6.45, 7) is 1.84. The average Bonchev–Trinajstić information content (AvgIpc) is 3.36. The fraction of sp³-hybridized carbons (Fsp3) is 0.368. The summed E-state index contributed by atoms with van der Waals surface area (Å²) in [5, 5.41) is 5.70. The van der Waals surface area contributed by atoms with Crippen molar-refractivity contribution in [3.63, 3.8) is 0 Å². The topological polar surface area (TPSA) is 107 Å². The highest BCUT2D eigenvalue weighted by molar-refractivity contribution is 5.95. The lowest BCUT2D eigenvalue weighted by atomic mass is 10.1. The predicted octanol–water partition coefficient (Wildman–Crippen LogP) is 1.58. The molecule has 1 atom stereocenters. The summed E-state index contributed by atoms with van der Waals surface area (Å²) in [6, 6.07) is 8.79. The van der Waals surface area contributed by atoms with E-state index in [0.717, 1.165) is 25.0 Å². The van der Waals surface area contributed by atoms with Crippen molar-refractivity contribution in [1.29, 1.82) is 0 Å². The summed E-state index contributed by atoms with van der Waals surface area (Å²) in [7, 11) is 0. The maximum absolute atomic E-state index is 12.3. The van der Waals surface area contributed by atoms with Gasteiger partial charge in [0, 0.05) is 25.3 Å². The number of hydrogen-bond donors (Lipinski definition) is 3. The molecule has 7 heteroatoms. The van der Waals surface area contributed by atoms with Crippen LogP contribution in [0.2, 0.25) is 0 Å². The molecular weight excluding hydrogens is 334 g/mol. The highest BCUT2D eigenvalue weighted by Gasteiger charge is 2.17. The lowest BCUT2D eigenvalue weighted by Crippen LogP contribution is -2.31. The Balaban J connectivity index is 1.53. The molecule has 1 fully saturated rings. The monoisotopic (exact) mass is 357 g/mol. The number of carbonyl (C=O) groups is 2. The van der Waals surface area contributed by atoms with E-state index in [1.807, 2.05) is 6.07 Å². The molecule has 3 rings (SSSR count). The first-order valence-corrected chi connectivity index (χ1v) is 8.70. The molecule has 0 aliphatic carbocycles. The maximum atomic E-state index is 12.3. The Morgan fingerprint density at radius 1 is 1.15 bits per heavy atom. The molecule has 0 saturated carbocycles. The zero-order chi connectivity index (χ0) is 18.4. The number of nitrogens with one attached hydrogen (secondary N) is 2. The Labute approximate surface area is 151 Å². The van der Waals surface area contributed by atoms with Gasteiger partial charge in [-0.25, -0.2) is 0 Å². The smallest absolute Gasteiger partial charge is 0.254 e. The molecule has 2 heterocycles. The van der Waals surface area contributed by atoms with Gasteiger partial charge in [-0.15, -0.1) is 0 Å². The summed E-state index contributed by atoms with van der Waals surface area (Å²) in [6.07, 6.45) is 3.51. The van der Waals surface area contributed by atoms with E-state index in [0.29, 0.717) is 30.0 Å². The second-order valence-electron chi connectivity index (χ2n) is 6.23. The summed E-state index contributed by atoms with van der Waals surface area (Å²) >= 11 is 0. The Kier molecular flexibility index (Phi) is 6.04. The van der Waals surface area contributed by atoms with Crippen LogP contribution in [0.4, 0.5) is 0 Å². The Bertz CT molecular complexity index is 766. The Morgan fingerprint density at radius 3 is 2.73 bits per heavy atom. The van der Waals surface area contributed by atoms with Crippen LogP contribution in [0.3, 0.4) is 0 Å². The third-order valence-corrected chi connectivity index (χ3v) is 4.27. The van der Waals surface area contributed by atoms with Crippen LogP contribution in [0.1, 0.15) is 44.9 Å². The van der Waals surface area contributed by atoms with Crippen LogP contribution in [0.25, 0.3) is 0 Å². The van der Waals surface area contributed by atoms with Gasteiger partial charge in [0.1, 0.15) is 12.0 Å². The summed E-state index contributed by atoms with van der Waals surface area (Å²) < 4.78 is 10.7. The zero-order valence-corrected chi connectivity index (χ0v) is 14.5. The van der Waals surface area contributed by atoms with Gasteiger partial charge in [-0.3, -0.25) is 9.59 Å². The third-order valence-electron chi connectivity index (χ3n) is 4.27.